The summed E-state index contributed by atoms with van der Waals surface area (Å²) in [6.45, 7) is 0. The maximum atomic E-state index is 13.5. The topological polar surface area (TPSA) is 46.5 Å². The highest BCUT2D eigenvalue weighted by Crippen LogP contribution is 2.55. The average molecular weight is 497 g/mol. The van der Waals surface area contributed by atoms with Gasteiger partial charge in [0.05, 0.1) is 0 Å². The zero-order valence-electron chi connectivity index (χ0n) is 12.5. The Kier molecular flexibility index (Phi) is 6.34. The van der Waals surface area contributed by atoms with Crippen LogP contribution in [-0.4, -0.2) is 35.0 Å². The first-order valence-electron chi connectivity index (χ1n) is 6.34. The molecule has 0 unspecified atom stereocenters. The highest BCUT2D eigenvalue weighted by atomic mass is 79.9. The van der Waals surface area contributed by atoms with Gasteiger partial charge in [-0.15, -0.1) is 0 Å². The van der Waals surface area contributed by atoms with Crippen molar-refractivity contribution in [2.75, 3.05) is 0 Å². The second kappa shape index (κ2) is 7.40. The Labute approximate surface area is 155 Å². The molecular formula is C13H4BrF11O3. The van der Waals surface area contributed by atoms with Crippen LogP contribution in [0, 0.1) is 0 Å². The van der Waals surface area contributed by atoms with E-state index in [9.17, 15) is 53.1 Å². The van der Waals surface area contributed by atoms with Gasteiger partial charge in [-0.25, -0.2) is 4.79 Å². The maximum absolute atomic E-state index is 13.5. The fourth-order valence-corrected chi connectivity index (χ4v) is 1.90. The first-order valence-corrected chi connectivity index (χ1v) is 7.13. The van der Waals surface area contributed by atoms with Gasteiger partial charge in [0.15, 0.2) is 0 Å². The molecule has 0 heterocycles. The number of aromatic carboxylic acids is 1. The Bertz CT molecular complexity index is 801. The summed E-state index contributed by atoms with van der Waals surface area (Å²) in [7, 11) is 0. The van der Waals surface area contributed by atoms with Crippen LogP contribution in [0.1, 0.15) is 10.4 Å². The zero-order valence-corrected chi connectivity index (χ0v) is 14.1. The molecule has 0 saturated heterocycles. The minimum Gasteiger partial charge on any atom is -0.478 e. The lowest BCUT2D eigenvalue weighted by molar-refractivity contribution is -0.392. The molecule has 0 aliphatic rings. The molecule has 0 amide bonds. The van der Waals surface area contributed by atoms with Gasteiger partial charge in [0.2, 0.25) is 5.83 Å². The van der Waals surface area contributed by atoms with Gasteiger partial charge in [-0.2, -0.15) is 48.3 Å². The molecule has 0 saturated carbocycles. The van der Waals surface area contributed by atoms with E-state index in [4.69, 9.17) is 5.11 Å². The number of hydrogen-bond acceptors (Lipinski definition) is 2. The van der Waals surface area contributed by atoms with Crippen molar-refractivity contribution in [2.24, 2.45) is 0 Å². The highest BCUT2D eigenvalue weighted by Gasteiger charge is 2.83. The van der Waals surface area contributed by atoms with E-state index in [-0.39, 0.29) is 4.47 Å². The van der Waals surface area contributed by atoms with E-state index in [1.54, 1.807) is 0 Å². The summed E-state index contributed by atoms with van der Waals surface area (Å²) in [5.74, 6) is -29.2. The summed E-state index contributed by atoms with van der Waals surface area (Å²) < 4.78 is 144. The zero-order chi connectivity index (χ0) is 22.3. The number of hydrogen-bond donors (Lipinski definition) is 1. The number of carboxylic acid groups (broad SMARTS) is 1. The summed E-state index contributed by atoms with van der Waals surface area (Å²) in [4.78, 5) is 10.9. The molecule has 0 atom stereocenters. The van der Waals surface area contributed by atoms with Crippen LogP contribution in [0.3, 0.4) is 0 Å². The first kappa shape index (κ1) is 24.0. The van der Waals surface area contributed by atoms with Crippen LogP contribution in [0.4, 0.5) is 48.3 Å². The number of alkyl halides is 9. The van der Waals surface area contributed by atoms with Gasteiger partial charge >= 0.3 is 35.9 Å². The van der Waals surface area contributed by atoms with E-state index in [1.807, 2.05) is 0 Å². The van der Waals surface area contributed by atoms with Gasteiger partial charge in [0.1, 0.15) is 11.3 Å². The predicted octanol–water partition coefficient (Wildman–Crippen LogP) is 6.10. The molecule has 0 bridgehead atoms. The summed E-state index contributed by atoms with van der Waals surface area (Å²) in [5, 5.41) is 8.80. The average Bonchev–Trinajstić information content (AvgIpc) is 2.53. The lowest BCUT2D eigenvalue weighted by Crippen LogP contribution is -2.61. The van der Waals surface area contributed by atoms with Crippen LogP contribution in [0.2, 0.25) is 0 Å². The minimum atomic E-state index is -7.46. The van der Waals surface area contributed by atoms with E-state index in [0.29, 0.717) is 12.1 Å². The van der Waals surface area contributed by atoms with Crippen molar-refractivity contribution < 1.29 is 62.9 Å². The number of carbonyl (C=O) groups is 1. The Morgan fingerprint density at radius 3 is 1.86 bits per heavy atom. The lowest BCUT2D eigenvalue weighted by atomic mass is 10.0. The first-order chi connectivity index (χ1) is 12.4. The van der Waals surface area contributed by atoms with Crippen molar-refractivity contribution >= 4 is 21.9 Å². The normalized spacial score (nSPS) is 14.6. The van der Waals surface area contributed by atoms with Gasteiger partial charge in [0.25, 0.3) is 0 Å². The van der Waals surface area contributed by atoms with Crippen molar-refractivity contribution in [3.8, 4) is 5.75 Å². The lowest BCUT2D eigenvalue weighted by Gasteiger charge is -2.32. The van der Waals surface area contributed by atoms with E-state index in [1.165, 1.54) is 0 Å². The predicted molar refractivity (Wildman–Crippen MR) is 71.9 cm³/mol. The van der Waals surface area contributed by atoms with E-state index in [0.717, 1.165) is 6.07 Å². The molecule has 1 aromatic rings. The SMILES string of the molecule is O=C(O)c1cc(Br)ccc1OC(F)=C(F)C(F)(F)C(F)(F)C(F)(F)C(F)(F)F. The van der Waals surface area contributed by atoms with Gasteiger partial charge in [-0.05, 0) is 18.2 Å². The number of rotatable bonds is 6. The maximum Gasteiger partial charge on any atom is 0.460 e. The van der Waals surface area contributed by atoms with E-state index >= 15 is 0 Å². The molecule has 28 heavy (non-hydrogen) atoms. The van der Waals surface area contributed by atoms with Gasteiger partial charge in [-0.1, -0.05) is 15.9 Å². The quantitative estimate of drug-likeness (QED) is 0.382. The third kappa shape index (κ3) is 4.03. The summed E-state index contributed by atoms with van der Waals surface area (Å²) in [5.41, 5.74) is -1.02. The van der Waals surface area contributed by atoms with Crippen molar-refractivity contribution in [1.29, 1.82) is 0 Å². The smallest absolute Gasteiger partial charge is 0.460 e. The Morgan fingerprint density at radius 1 is 0.929 bits per heavy atom. The molecule has 1 aromatic carbocycles. The van der Waals surface area contributed by atoms with Crippen LogP contribution >= 0.6 is 15.9 Å². The summed E-state index contributed by atoms with van der Waals surface area (Å²) in [6.07, 6.45) is -7.24. The molecule has 0 radical (unpaired) electrons. The van der Waals surface area contributed by atoms with Crippen LogP contribution in [0.5, 0.6) is 5.75 Å². The van der Waals surface area contributed by atoms with Crippen molar-refractivity contribution in [1.82, 2.24) is 0 Å². The van der Waals surface area contributed by atoms with Gasteiger partial charge < -0.3 is 9.84 Å². The second-order valence-corrected chi connectivity index (χ2v) is 5.77. The van der Waals surface area contributed by atoms with Crippen molar-refractivity contribution in [3.05, 3.63) is 40.1 Å². The standard InChI is InChI=1S/C13H4BrF11O3/c14-4-1-2-6(5(3-4)9(26)27)28-8(16)7(15)10(17,18)11(19,20)12(21,22)13(23,24)25/h1-3H,(H,26,27). The molecule has 0 aliphatic carbocycles. The van der Waals surface area contributed by atoms with Crippen LogP contribution in [0.15, 0.2) is 34.5 Å². The molecule has 158 valence electrons. The van der Waals surface area contributed by atoms with E-state index < -0.39 is 53.1 Å². The molecule has 1 rings (SSSR count). The Balaban J connectivity index is 3.43. The number of ether oxygens (including phenoxy) is 1. The number of allylic oxidation sites excluding steroid dienone is 1. The Hall–Kier alpha value is -2.06. The van der Waals surface area contributed by atoms with Gasteiger partial charge in [-0.3, -0.25) is 0 Å². The molecule has 0 aromatic heterocycles. The van der Waals surface area contributed by atoms with Crippen LogP contribution in [-0.2, 0) is 0 Å². The molecule has 0 aliphatic heterocycles. The number of benzene rings is 1. The molecule has 0 spiro atoms. The molecular weight excluding hydrogens is 493 g/mol. The van der Waals surface area contributed by atoms with Crippen molar-refractivity contribution in [2.45, 2.75) is 23.9 Å². The third-order valence-corrected chi connectivity index (χ3v) is 3.46. The van der Waals surface area contributed by atoms with Gasteiger partial charge in [0, 0.05) is 4.47 Å². The summed E-state index contributed by atoms with van der Waals surface area (Å²) in [6, 6.07) is -1.25. The monoisotopic (exact) mass is 496 g/mol. The van der Waals surface area contributed by atoms with Crippen molar-refractivity contribution in [3.63, 3.8) is 0 Å². The fraction of sp³-hybridized carbons (Fsp3) is 0.308. The molecule has 0 fully saturated rings. The molecule has 3 nitrogen and oxygen atoms in total. The number of carboxylic acids is 1. The highest BCUT2D eigenvalue weighted by molar-refractivity contribution is 9.10. The molecule has 1 N–H and O–H groups in total. The summed E-state index contributed by atoms with van der Waals surface area (Å²) >= 11 is 2.75. The largest absolute Gasteiger partial charge is 0.478 e. The second-order valence-electron chi connectivity index (χ2n) is 4.86. The van der Waals surface area contributed by atoms with Crippen LogP contribution < -0.4 is 4.74 Å². The fourth-order valence-electron chi connectivity index (χ4n) is 1.54. The minimum absolute atomic E-state index is 0.00351. The van der Waals surface area contributed by atoms with E-state index in [2.05, 4.69) is 20.7 Å². The Morgan fingerprint density at radius 2 is 1.43 bits per heavy atom. The third-order valence-electron chi connectivity index (χ3n) is 2.96. The van der Waals surface area contributed by atoms with Crippen LogP contribution in [0.25, 0.3) is 0 Å². The molecule has 15 heteroatoms. The number of halogens is 12.